The highest BCUT2D eigenvalue weighted by Gasteiger charge is 2.42. The summed E-state index contributed by atoms with van der Waals surface area (Å²) in [5.41, 5.74) is 1.27. The Labute approximate surface area is 192 Å². The van der Waals surface area contributed by atoms with Crippen LogP contribution in [0.4, 0.5) is 0 Å². The van der Waals surface area contributed by atoms with E-state index in [0.29, 0.717) is 53.7 Å². The van der Waals surface area contributed by atoms with Crippen LogP contribution < -0.4 is 14.9 Å². The molecule has 2 heterocycles. The fraction of sp³-hybridized carbons (Fsp3) is 0.385. The maximum absolute atomic E-state index is 13.5. The van der Waals surface area contributed by atoms with E-state index in [1.165, 1.54) is 0 Å². The highest BCUT2D eigenvalue weighted by Crippen LogP contribution is 2.40. The zero-order valence-electron chi connectivity index (χ0n) is 19.4. The van der Waals surface area contributed by atoms with E-state index < -0.39 is 6.04 Å². The number of rotatable bonds is 9. The van der Waals surface area contributed by atoms with E-state index in [1.807, 2.05) is 18.2 Å². The van der Waals surface area contributed by atoms with Gasteiger partial charge in [0.05, 0.1) is 37.3 Å². The molecule has 0 saturated carbocycles. The molecule has 1 amide bonds. The Hall–Kier alpha value is -3.32. The molecule has 7 heteroatoms. The lowest BCUT2D eigenvalue weighted by Crippen LogP contribution is -2.32. The monoisotopic (exact) mass is 451 g/mol. The number of carbonyl (C=O) groups excluding carboxylic acids is 1. The van der Waals surface area contributed by atoms with E-state index in [2.05, 4.69) is 13.8 Å². The number of para-hydroxylation sites is 1. The molecular weight excluding hydrogens is 422 g/mol. The fourth-order valence-corrected chi connectivity index (χ4v) is 4.11. The highest BCUT2D eigenvalue weighted by molar-refractivity contribution is 5.99. The maximum atomic E-state index is 13.5. The van der Waals surface area contributed by atoms with E-state index in [-0.39, 0.29) is 17.1 Å². The van der Waals surface area contributed by atoms with Gasteiger partial charge in [-0.15, -0.1) is 0 Å². The molecule has 1 aliphatic rings. The number of hydrogen-bond acceptors (Lipinski definition) is 6. The van der Waals surface area contributed by atoms with E-state index >= 15 is 0 Å². The molecule has 0 unspecified atom stereocenters. The summed E-state index contributed by atoms with van der Waals surface area (Å²) in [6, 6.07) is 11.9. The van der Waals surface area contributed by atoms with Crippen molar-refractivity contribution >= 4 is 16.9 Å². The van der Waals surface area contributed by atoms with Crippen LogP contribution in [0.15, 0.2) is 51.7 Å². The lowest BCUT2D eigenvalue weighted by atomic mass is 9.98. The normalized spacial score (nSPS) is 15.4. The number of hydrogen-bond donors (Lipinski definition) is 0. The summed E-state index contributed by atoms with van der Waals surface area (Å²) in [5.74, 6) is 1.45. The number of amides is 1. The van der Waals surface area contributed by atoms with Crippen molar-refractivity contribution in [1.82, 2.24) is 4.90 Å². The SMILES string of the molecule is COCCN1C(=O)c2oc3ccccc3c(=O)c2[C@@H]1c1ccc(OCCC(C)C)c(OC)c1. The van der Waals surface area contributed by atoms with Gasteiger partial charge in [-0.2, -0.15) is 0 Å². The Morgan fingerprint density at radius 3 is 2.55 bits per heavy atom. The molecule has 1 aliphatic heterocycles. The van der Waals surface area contributed by atoms with Gasteiger partial charge in [-0.25, -0.2) is 0 Å². The Morgan fingerprint density at radius 1 is 1.03 bits per heavy atom. The molecule has 174 valence electrons. The fourth-order valence-electron chi connectivity index (χ4n) is 4.11. The Kier molecular flexibility index (Phi) is 6.70. The van der Waals surface area contributed by atoms with Crippen molar-refractivity contribution in [3.05, 3.63) is 69.6 Å². The second-order valence-corrected chi connectivity index (χ2v) is 8.51. The van der Waals surface area contributed by atoms with Crippen molar-refractivity contribution in [2.45, 2.75) is 26.3 Å². The zero-order valence-corrected chi connectivity index (χ0v) is 19.4. The first-order valence-electron chi connectivity index (χ1n) is 11.1. The minimum absolute atomic E-state index is 0.0797. The number of benzene rings is 2. The molecule has 1 atom stereocenters. The highest BCUT2D eigenvalue weighted by atomic mass is 16.5. The standard InChI is InChI=1S/C26H29NO6/c1-16(2)11-13-32-20-10-9-17(15-21(20)31-4)23-22-24(28)18-7-5-6-8-19(18)33-25(22)26(29)27(23)12-14-30-3/h5-10,15-16,23H,11-14H2,1-4H3/t23-/m0/s1. The maximum Gasteiger partial charge on any atom is 0.290 e. The van der Waals surface area contributed by atoms with Crippen LogP contribution in [0.5, 0.6) is 11.5 Å². The van der Waals surface area contributed by atoms with Gasteiger partial charge in [0.1, 0.15) is 5.58 Å². The van der Waals surface area contributed by atoms with Crippen molar-refractivity contribution in [2.75, 3.05) is 34.0 Å². The molecular formula is C26H29NO6. The smallest absolute Gasteiger partial charge is 0.290 e. The van der Waals surface area contributed by atoms with E-state index in [9.17, 15) is 9.59 Å². The summed E-state index contributed by atoms with van der Waals surface area (Å²) >= 11 is 0. The van der Waals surface area contributed by atoms with Crippen LogP contribution in [-0.4, -0.2) is 44.8 Å². The van der Waals surface area contributed by atoms with Gasteiger partial charge in [0.25, 0.3) is 5.91 Å². The molecule has 0 radical (unpaired) electrons. The third-order valence-corrected chi connectivity index (χ3v) is 5.87. The minimum Gasteiger partial charge on any atom is -0.493 e. The molecule has 0 spiro atoms. The van der Waals surface area contributed by atoms with Crippen LogP contribution in [0.25, 0.3) is 11.0 Å². The molecule has 0 N–H and O–H groups in total. The summed E-state index contributed by atoms with van der Waals surface area (Å²) in [4.78, 5) is 28.4. The summed E-state index contributed by atoms with van der Waals surface area (Å²) in [6.45, 7) is 5.50. The van der Waals surface area contributed by atoms with Crippen molar-refractivity contribution in [3.63, 3.8) is 0 Å². The van der Waals surface area contributed by atoms with E-state index in [1.54, 1.807) is 43.4 Å². The third-order valence-electron chi connectivity index (χ3n) is 5.87. The van der Waals surface area contributed by atoms with Crippen LogP contribution in [0.1, 0.15) is 48.0 Å². The van der Waals surface area contributed by atoms with Crippen LogP contribution >= 0.6 is 0 Å². The Bertz CT molecular complexity index is 1220. The first-order chi connectivity index (χ1) is 16.0. The van der Waals surface area contributed by atoms with Crippen molar-refractivity contribution in [1.29, 1.82) is 0 Å². The topological polar surface area (TPSA) is 78.2 Å². The lowest BCUT2D eigenvalue weighted by molar-refractivity contribution is 0.0663. The molecule has 1 aromatic heterocycles. The average molecular weight is 452 g/mol. The summed E-state index contributed by atoms with van der Waals surface area (Å²) in [5, 5.41) is 0.447. The molecule has 7 nitrogen and oxygen atoms in total. The quantitative estimate of drug-likeness (QED) is 0.479. The molecule has 4 rings (SSSR count). The lowest BCUT2D eigenvalue weighted by Gasteiger charge is -2.25. The van der Waals surface area contributed by atoms with Crippen LogP contribution in [0, 0.1) is 5.92 Å². The average Bonchev–Trinajstić information content (AvgIpc) is 3.09. The third kappa shape index (κ3) is 4.33. The first kappa shape index (κ1) is 22.9. The summed E-state index contributed by atoms with van der Waals surface area (Å²) < 4.78 is 22.6. The molecule has 0 fully saturated rings. The van der Waals surface area contributed by atoms with Gasteiger partial charge >= 0.3 is 0 Å². The minimum atomic E-state index is -0.609. The molecule has 2 aromatic carbocycles. The second-order valence-electron chi connectivity index (χ2n) is 8.51. The van der Waals surface area contributed by atoms with Crippen LogP contribution in [-0.2, 0) is 4.74 Å². The number of ether oxygens (including phenoxy) is 3. The Morgan fingerprint density at radius 2 is 1.82 bits per heavy atom. The predicted molar refractivity (Wildman–Crippen MR) is 125 cm³/mol. The number of fused-ring (bicyclic) bond motifs is 2. The molecule has 33 heavy (non-hydrogen) atoms. The van der Waals surface area contributed by atoms with Gasteiger partial charge in [-0.3, -0.25) is 9.59 Å². The summed E-state index contributed by atoms with van der Waals surface area (Å²) in [6.07, 6.45) is 0.925. The molecule has 0 bridgehead atoms. The van der Waals surface area contributed by atoms with Crippen LogP contribution in [0.3, 0.4) is 0 Å². The van der Waals surface area contributed by atoms with Crippen molar-refractivity contribution in [3.8, 4) is 11.5 Å². The van der Waals surface area contributed by atoms with Gasteiger partial charge in [0, 0.05) is 13.7 Å². The predicted octanol–water partition coefficient (Wildman–Crippen LogP) is 4.42. The molecule has 0 saturated heterocycles. The van der Waals surface area contributed by atoms with Gasteiger partial charge in [-0.05, 0) is 42.2 Å². The van der Waals surface area contributed by atoms with Crippen LogP contribution in [0.2, 0.25) is 0 Å². The largest absolute Gasteiger partial charge is 0.493 e. The zero-order chi connectivity index (χ0) is 23.5. The number of methoxy groups -OCH3 is 2. The molecule has 3 aromatic rings. The van der Waals surface area contributed by atoms with Gasteiger partial charge in [0.2, 0.25) is 5.76 Å². The van der Waals surface area contributed by atoms with E-state index in [0.717, 1.165) is 12.0 Å². The number of nitrogens with zero attached hydrogens (tertiary/aromatic N) is 1. The van der Waals surface area contributed by atoms with Gasteiger partial charge in [-0.1, -0.05) is 32.0 Å². The number of carbonyl (C=O) groups is 1. The second kappa shape index (κ2) is 9.67. The summed E-state index contributed by atoms with van der Waals surface area (Å²) in [7, 11) is 3.15. The van der Waals surface area contributed by atoms with Crippen molar-refractivity contribution in [2.24, 2.45) is 5.92 Å². The van der Waals surface area contributed by atoms with Gasteiger partial charge < -0.3 is 23.5 Å². The molecule has 0 aliphatic carbocycles. The van der Waals surface area contributed by atoms with Gasteiger partial charge in [0.15, 0.2) is 16.9 Å². The Balaban J connectivity index is 1.80. The first-order valence-corrected chi connectivity index (χ1v) is 11.1. The van der Waals surface area contributed by atoms with Crippen molar-refractivity contribution < 1.29 is 23.4 Å². The van der Waals surface area contributed by atoms with E-state index in [4.69, 9.17) is 18.6 Å².